The minimum absolute atomic E-state index is 0.117. The molecule has 0 saturated heterocycles. The maximum atomic E-state index is 12.0. The Morgan fingerprint density at radius 3 is 2.42 bits per heavy atom. The van der Waals surface area contributed by atoms with Crippen molar-refractivity contribution >= 4 is 23.2 Å². The van der Waals surface area contributed by atoms with E-state index in [-0.39, 0.29) is 12.5 Å². The highest BCUT2D eigenvalue weighted by atomic mass is 32.1. The van der Waals surface area contributed by atoms with E-state index < -0.39 is 5.97 Å². The van der Waals surface area contributed by atoms with E-state index in [1.54, 1.807) is 24.3 Å². The van der Waals surface area contributed by atoms with Crippen LogP contribution in [0.4, 0.5) is 0 Å². The lowest BCUT2D eigenvalue weighted by atomic mass is 10.2. The average Bonchev–Trinajstić information content (AvgIpc) is 3.15. The van der Waals surface area contributed by atoms with Crippen LogP contribution in [0.3, 0.4) is 0 Å². The zero-order valence-corrected chi connectivity index (χ0v) is 14.4. The van der Waals surface area contributed by atoms with Crippen LogP contribution in [-0.4, -0.2) is 39.2 Å². The summed E-state index contributed by atoms with van der Waals surface area (Å²) < 4.78 is 15.4. The molecule has 2 rings (SSSR count). The van der Waals surface area contributed by atoms with Gasteiger partial charge in [0.2, 0.25) is 0 Å². The van der Waals surface area contributed by atoms with Crippen molar-refractivity contribution in [3.05, 3.63) is 46.2 Å². The summed E-state index contributed by atoms with van der Waals surface area (Å²) in [6, 6.07) is 8.43. The van der Waals surface area contributed by atoms with E-state index >= 15 is 0 Å². The molecule has 2 aromatic rings. The highest BCUT2D eigenvalue weighted by molar-refractivity contribution is 7.12. The Kier molecular flexibility index (Phi) is 6.62. The number of carbonyl (C=O) groups is 2. The van der Waals surface area contributed by atoms with Gasteiger partial charge < -0.3 is 19.5 Å². The molecule has 1 aromatic heterocycles. The number of benzene rings is 1. The SMILES string of the molecule is COc1cc(OC)cc(C(=O)OCCCNC(=O)c2cccs2)c1. The van der Waals surface area contributed by atoms with Gasteiger partial charge in [0.05, 0.1) is 31.3 Å². The predicted octanol–water partition coefficient (Wildman–Crippen LogP) is 2.74. The summed E-state index contributed by atoms with van der Waals surface area (Å²) in [5.41, 5.74) is 0.355. The van der Waals surface area contributed by atoms with Crippen molar-refractivity contribution in [2.45, 2.75) is 6.42 Å². The minimum Gasteiger partial charge on any atom is -0.497 e. The molecule has 0 spiro atoms. The average molecular weight is 349 g/mol. The number of nitrogens with one attached hydrogen (secondary N) is 1. The summed E-state index contributed by atoms with van der Waals surface area (Å²) in [4.78, 5) is 24.4. The van der Waals surface area contributed by atoms with Crippen LogP contribution in [0.5, 0.6) is 11.5 Å². The normalized spacial score (nSPS) is 10.1. The number of hydrogen-bond acceptors (Lipinski definition) is 6. The highest BCUT2D eigenvalue weighted by Crippen LogP contribution is 2.22. The molecule has 1 heterocycles. The van der Waals surface area contributed by atoms with Gasteiger partial charge in [-0.15, -0.1) is 11.3 Å². The molecule has 0 unspecified atom stereocenters. The topological polar surface area (TPSA) is 73.9 Å². The van der Waals surface area contributed by atoms with Crippen LogP contribution in [0.25, 0.3) is 0 Å². The molecule has 0 aliphatic rings. The van der Waals surface area contributed by atoms with Gasteiger partial charge in [0.25, 0.3) is 5.91 Å². The van der Waals surface area contributed by atoms with E-state index in [4.69, 9.17) is 14.2 Å². The molecule has 0 aliphatic heterocycles. The van der Waals surface area contributed by atoms with Gasteiger partial charge >= 0.3 is 5.97 Å². The van der Waals surface area contributed by atoms with Gasteiger partial charge in [0, 0.05) is 12.6 Å². The zero-order valence-electron chi connectivity index (χ0n) is 13.5. The number of methoxy groups -OCH3 is 2. The van der Waals surface area contributed by atoms with Crippen molar-refractivity contribution in [2.24, 2.45) is 0 Å². The molecular formula is C17H19NO5S. The zero-order chi connectivity index (χ0) is 17.4. The van der Waals surface area contributed by atoms with Gasteiger partial charge in [-0.2, -0.15) is 0 Å². The molecule has 0 radical (unpaired) electrons. The van der Waals surface area contributed by atoms with Crippen molar-refractivity contribution in [3.8, 4) is 11.5 Å². The number of hydrogen-bond donors (Lipinski definition) is 1. The van der Waals surface area contributed by atoms with Crippen LogP contribution in [0.2, 0.25) is 0 Å². The van der Waals surface area contributed by atoms with E-state index in [0.717, 1.165) is 0 Å². The van der Waals surface area contributed by atoms with Crippen LogP contribution in [-0.2, 0) is 4.74 Å². The number of esters is 1. The van der Waals surface area contributed by atoms with Gasteiger partial charge in [-0.1, -0.05) is 6.07 Å². The van der Waals surface area contributed by atoms with Crippen LogP contribution < -0.4 is 14.8 Å². The largest absolute Gasteiger partial charge is 0.497 e. The number of amides is 1. The smallest absolute Gasteiger partial charge is 0.338 e. The molecule has 24 heavy (non-hydrogen) atoms. The maximum Gasteiger partial charge on any atom is 0.338 e. The fourth-order valence-corrected chi connectivity index (χ4v) is 2.58. The second-order valence-corrected chi connectivity index (χ2v) is 5.77. The van der Waals surface area contributed by atoms with Crippen molar-refractivity contribution in [3.63, 3.8) is 0 Å². The summed E-state index contributed by atoms with van der Waals surface area (Å²) in [5, 5.41) is 4.62. The predicted molar refractivity (Wildman–Crippen MR) is 91.1 cm³/mol. The number of carbonyl (C=O) groups excluding carboxylic acids is 2. The second kappa shape index (κ2) is 8.93. The number of thiophene rings is 1. The molecule has 1 aromatic carbocycles. The molecule has 0 fully saturated rings. The molecule has 0 aliphatic carbocycles. The van der Waals surface area contributed by atoms with Crippen molar-refractivity contribution < 1.29 is 23.8 Å². The molecule has 6 nitrogen and oxygen atoms in total. The van der Waals surface area contributed by atoms with E-state index in [0.29, 0.717) is 34.9 Å². The third-order valence-electron chi connectivity index (χ3n) is 3.17. The summed E-state index contributed by atoms with van der Waals surface area (Å²) in [7, 11) is 3.03. The van der Waals surface area contributed by atoms with Crippen LogP contribution >= 0.6 is 11.3 Å². The van der Waals surface area contributed by atoms with Crippen molar-refractivity contribution in [1.82, 2.24) is 5.32 Å². The first-order valence-corrected chi connectivity index (χ1v) is 8.24. The Bertz CT molecular complexity index is 662. The fraction of sp³-hybridized carbons (Fsp3) is 0.294. The minimum atomic E-state index is -0.461. The maximum absolute atomic E-state index is 12.0. The summed E-state index contributed by atoms with van der Waals surface area (Å²) in [5.74, 6) is 0.458. The monoisotopic (exact) mass is 349 g/mol. The van der Waals surface area contributed by atoms with Gasteiger partial charge in [-0.25, -0.2) is 4.79 Å². The highest BCUT2D eigenvalue weighted by Gasteiger charge is 2.11. The van der Waals surface area contributed by atoms with E-state index in [1.807, 2.05) is 11.4 Å². The van der Waals surface area contributed by atoms with Gasteiger partial charge in [-0.05, 0) is 30.0 Å². The number of rotatable bonds is 8. The third-order valence-corrected chi connectivity index (χ3v) is 4.04. The lowest BCUT2D eigenvalue weighted by Crippen LogP contribution is -2.24. The third kappa shape index (κ3) is 4.99. The molecule has 128 valence electrons. The summed E-state index contributed by atoms with van der Waals surface area (Å²) in [6.45, 7) is 0.647. The summed E-state index contributed by atoms with van der Waals surface area (Å²) >= 11 is 1.38. The van der Waals surface area contributed by atoms with Gasteiger partial charge in [0.1, 0.15) is 11.5 Å². The Morgan fingerprint density at radius 1 is 1.12 bits per heavy atom. The molecule has 0 saturated carbocycles. The van der Waals surface area contributed by atoms with Crippen molar-refractivity contribution in [2.75, 3.05) is 27.4 Å². The van der Waals surface area contributed by atoms with E-state index in [2.05, 4.69) is 5.32 Å². The first-order valence-electron chi connectivity index (χ1n) is 7.36. The Morgan fingerprint density at radius 2 is 1.83 bits per heavy atom. The Hall–Kier alpha value is -2.54. The first-order chi connectivity index (χ1) is 11.6. The standard InChI is InChI=1S/C17H19NO5S/c1-21-13-9-12(10-14(11-13)22-2)17(20)23-7-4-6-18-16(19)15-5-3-8-24-15/h3,5,8-11H,4,6-7H2,1-2H3,(H,18,19). The quantitative estimate of drug-likeness (QED) is 0.586. The second-order valence-electron chi connectivity index (χ2n) is 4.82. The lowest BCUT2D eigenvalue weighted by Gasteiger charge is -2.09. The molecule has 1 amide bonds. The molecule has 1 N–H and O–H groups in total. The molecule has 7 heteroatoms. The van der Waals surface area contributed by atoms with Gasteiger partial charge in [0.15, 0.2) is 0 Å². The van der Waals surface area contributed by atoms with Gasteiger partial charge in [-0.3, -0.25) is 4.79 Å². The number of ether oxygens (including phenoxy) is 3. The van der Waals surface area contributed by atoms with Crippen LogP contribution in [0, 0.1) is 0 Å². The van der Waals surface area contributed by atoms with Crippen molar-refractivity contribution in [1.29, 1.82) is 0 Å². The van der Waals surface area contributed by atoms with Crippen LogP contribution in [0.15, 0.2) is 35.7 Å². The van der Waals surface area contributed by atoms with Crippen LogP contribution in [0.1, 0.15) is 26.5 Å². The van der Waals surface area contributed by atoms with E-state index in [1.165, 1.54) is 25.6 Å². The molecular weight excluding hydrogens is 330 g/mol. The van der Waals surface area contributed by atoms with E-state index in [9.17, 15) is 9.59 Å². The molecule has 0 bridgehead atoms. The Balaban J connectivity index is 1.76. The fourth-order valence-electron chi connectivity index (χ4n) is 1.94. The summed E-state index contributed by atoms with van der Waals surface area (Å²) in [6.07, 6.45) is 0.532. The Labute approximate surface area is 144 Å². The first kappa shape index (κ1) is 17.8. The molecule has 0 atom stereocenters. The lowest BCUT2D eigenvalue weighted by molar-refractivity contribution is 0.0500.